The summed E-state index contributed by atoms with van der Waals surface area (Å²) in [6, 6.07) is 11.3. The molecule has 3 heterocycles. The summed E-state index contributed by atoms with van der Waals surface area (Å²) in [5.74, 6) is 0.304. The number of hydrogen-bond donors (Lipinski definition) is 1. The van der Waals surface area contributed by atoms with E-state index in [-0.39, 0.29) is 23.5 Å². The van der Waals surface area contributed by atoms with E-state index in [9.17, 15) is 9.18 Å². The molecule has 0 aliphatic heterocycles. The molecule has 1 atom stereocenters. The molecule has 0 saturated carbocycles. The highest BCUT2D eigenvalue weighted by molar-refractivity contribution is 6.07. The Bertz CT molecular complexity index is 1130. The van der Waals surface area contributed by atoms with E-state index in [1.54, 1.807) is 31.4 Å². The van der Waals surface area contributed by atoms with Gasteiger partial charge < -0.3 is 14.3 Å². The lowest BCUT2D eigenvalue weighted by Crippen LogP contribution is -2.33. The third-order valence-corrected chi connectivity index (χ3v) is 4.78. The van der Waals surface area contributed by atoms with Crippen molar-refractivity contribution in [3.8, 4) is 11.3 Å². The zero-order chi connectivity index (χ0) is 20.4. The number of halogens is 1. The fourth-order valence-electron chi connectivity index (χ4n) is 3.23. The van der Waals surface area contributed by atoms with Gasteiger partial charge >= 0.3 is 0 Å². The number of amides is 1. The van der Waals surface area contributed by atoms with E-state index in [2.05, 4.69) is 15.5 Å². The SMILES string of the molecule is Cc1noc2nc(-c3ccc(F)cc3)cc(C(=O)N[C@H](C)CCc3ccco3)c12. The highest BCUT2D eigenvalue weighted by Crippen LogP contribution is 2.27. The highest BCUT2D eigenvalue weighted by atomic mass is 19.1. The van der Waals surface area contributed by atoms with Gasteiger partial charge in [0.25, 0.3) is 11.6 Å². The molecule has 148 valence electrons. The molecule has 4 aromatic rings. The van der Waals surface area contributed by atoms with E-state index in [4.69, 9.17) is 8.94 Å². The molecule has 1 amide bonds. The first-order chi connectivity index (χ1) is 14.0. The van der Waals surface area contributed by atoms with Gasteiger partial charge in [-0.15, -0.1) is 0 Å². The van der Waals surface area contributed by atoms with Crippen LogP contribution in [0.5, 0.6) is 0 Å². The first kappa shape index (κ1) is 18.9. The molecule has 0 spiro atoms. The lowest BCUT2D eigenvalue weighted by Gasteiger charge is -2.14. The second kappa shape index (κ2) is 7.87. The van der Waals surface area contributed by atoms with Gasteiger partial charge in [-0.3, -0.25) is 4.79 Å². The van der Waals surface area contributed by atoms with Gasteiger partial charge in [0.05, 0.1) is 28.6 Å². The van der Waals surface area contributed by atoms with Crippen molar-refractivity contribution in [3.05, 3.63) is 71.6 Å². The Morgan fingerprint density at radius 1 is 1.24 bits per heavy atom. The fourth-order valence-corrected chi connectivity index (χ4v) is 3.23. The van der Waals surface area contributed by atoms with Crippen molar-refractivity contribution in [1.82, 2.24) is 15.5 Å². The van der Waals surface area contributed by atoms with Crippen LogP contribution in [0.1, 0.15) is 35.2 Å². The predicted molar refractivity (Wildman–Crippen MR) is 106 cm³/mol. The molecule has 1 N–H and O–H groups in total. The minimum absolute atomic E-state index is 0.0646. The second-order valence-electron chi connectivity index (χ2n) is 7.00. The first-order valence-corrected chi connectivity index (χ1v) is 9.37. The Morgan fingerprint density at radius 3 is 2.76 bits per heavy atom. The van der Waals surface area contributed by atoms with Crippen LogP contribution in [0, 0.1) is 12.7 Å². The van der Waals surface area contributed by atoms with E-state index >= 15 is 0 Å². The molecule has 3 aromatic heterocycles. The molecule has 0 saturated heterocycles. The van der Waals surface area contributed by atoms with Crippen LogP contribution >= 0.6 is 0 Å². The van der Waals surface area contributed by atoms with E-state index in [1.807, 2.05) is 19.1 Å². The molecule has 1 aromatic carbocycles. The second-order valence-corrected chi connectivity index (χ2v) is 7.00. The number of pyridine rings is 1. The summed E-state index contributed by atoms with van der Waals surface area (Å²) in [5.41, 5.74) is 2.49. The number of aryl methyl sites for hydroxylation is 2. The van der Waals surface area contributed by atoms with Crippen LogP contribution in [-0.4, -0.2) is 22.1 Å². The third-order valence-electron chi connectivity index (χ3n) is 4.78. The fraction of sp³-hybridized carbons (Fsp3) is 0.227. The molecule has 29 heavy (non-hydrogen) atoms. The monoisotopic (exact) mass is 393 g/mol. The molecule has 0 aliphatic rings. The highest BCUT2D eigenvalue weighted by Gasteiger charge is 2.20. The number of hydrogen-bond acceptors (Lipinski definition) is 5. The van der Waals surface area contributed by atoms with Crippen LogP contribution in [0.25, 0.3) is 22.4 Å². The van der Waals surface area contributed by atoms with Crippen molar-refractivity contribution in [1.29, 1.82) is 0 Å². The number of furan rings is 1. The Hall–Kier alpha value is -3.48. The lowest BCUT2D eigenvalue weighted by molar-refractivity contribution is 0.0939. The Morgan fingerprint density at radius 2 is 2.03 bits per heavy atom. The number of aromatic nitrogens is 2. The lowest BCUT2D eigenvalue weighted by atomic mass is 10.0. The summed E-state index contributed by atoms with van der Waals surface area (Å²) in [5, 5.41) is 7.54. The van der Waals surface area contributed by atoms with Gasteiger partial charge in [0.1, 0.15) is 11.6 Å². The quantitative estimate of drug-likeness (QED) is 0.514. The molecule has 0 radical (unpaired) electrons. The topological polar surface area (TPSA) is 81.2 Å². The summed E-state index contributed by atoms with van der Waals surface area (Å²) in [7, 11) is 0. The van der Waals surface area contributed by atoms with Gasteiger partial charge in [-0.1, -0.05) is 5.16 Å². The van der Waals surface area contributed by atoms with E-state index in [0.717, 1.165) is 18.6 Å². The average molecular weight is 393 g/mol. The number of nitrogens with one attached hydrogen (secondary N) is 1. The van der Waals surface area contributed by atoms with E-state index in [1.165, 1.54) is 12.1 Å². The molecule has 4 rings (SSSR count). The third kappa shape index (κ3) is 4.03. The van der Waals surface area contributed by atoms with Gasteiger partial charge in [0.2, 0.25) is 0 Å². The van der Waals surface area contributed by atoms with Crippen LogP contribution < -0.4 is 5.32 Å². The van der Waals surface area contributed by atoms with Crippen molar-refractivity contribution >= 4 is 17.0 Å². The molecule has 0 aliphatic carbocycles. The van der Waals surface area contributed by atoms with Gasteiger partial charge in [-0.25, -0.2) is 9.37 Å². The van der Waals surface area contributed by atoms with Gasteiger partial charge in [-0.05, 0) is 62.7 Å². The summed E-state index contributed by atoms with van der Waals surface area (Å²) < 4.78 is 23.9. The van der Waals surface area contributed by atoms with Crippen molar-refractivity contribution < 1.29 is 18.1 Å². The molecule has 0 bridgehead atoms. The zero-order valence-electron chi connectivity index (χ0n) is 16.1. The molecule has 6 nitrogen and oxygen atoms in total. The minimum atomic E-state index is -0.339. The molecule has 0 fully saturated rings. The van der Waals surface area contributed by atoms with Crippen molar-refractivity contribution in [2.45, 2.75) is 32.7 Å². The molecule has 0 unspecified atom stereocenters. The van der Waals surface area contributed by atoms with Crippen LogP contribution in [0.2, 0.25) is 0 Å². The summed E-state index contributed by atoms with van der Waals surface area (Å²) in [4.78, 5) is 17.5. The van der Waals surface area contributed by atoms with Crippen LogP contribution in [-0.2, 0) is 6.42 Å². The summed E-state index contributed by atoms with van der Waals surface area (Å²) in [6.07, 6.45) is 3.10. The number of benzene rings is 1. The Kier molecular flexibility index (Phi) is 5.12. The normalized spacial score (nSPS) is 12.2. The van der Waals surface area contributed by atoms with E-state index in [0.29, 0.717) is 27.9 Å². The summed E-state index contributed by atoms with van der Waals surface area (Å²) in [6.45, 7) is 3.71. The zero-order valence-corrected chi connectivity index (χ0v) is 16.1. The maximum Gasteiger partial charge on any atom is 0.259 e. The number of carbonyl (C=O) groups excluding carboxylic acids is 1. The number of carbonyl (C=O) groups is 1. The smallest absolute Gasteiger partial charge is 0.259 e. The van der Waals surface area contributed by atoms with E-state index < -0.39 is 0 Å². The average Bonchev–Trinajstić information content (AvgIpc) is 3.36. The number of rotatable bonds is 6. The van der Waals surface area contributed by atoms with Crippen LogP contribution in [0.15, 0.2) is 57.7 Å². The standard InChI is InChI=1S/C22H20FN3O3/c1-13(5-10-17-4-3-11-28-17)24-21(27)18-12-19(15-6-8-16(23)9-7-15)25-22-20(18)14(2)26-29-22/h3-4,6-9,11-13H,5,10H2,1-2H3,(H,24,27)/t13-/m1/s1. The van der Waals surface area contributed by atoms with Crippen molar-refractivity contribution in [3.63, 3.8) is 0 Å². The van der Waals surface area contributed by atoms with Crippen molar-refractivity contribution in [2.75, 3.05) is 0 Å². The molecule has 7 heteroatoms. The largest absolute Gasteiger partial charge is 0.469 e. The van der Waals surface area contributed by atoms with Gasteiger partial charge in [-0.2, -0.15) is 0 Å². The van der Waals surface area contributed by atoms with Gasteiger partial charge in [0.15, 0.2) is 0 Å². The number of fused-ring (bicyclic) bond motifs is 1. The Balaban J connectivity index is 1.61. The van der Waals surface area contributed by atoms with Crippen molar-refractivity contribution in [2.24, 2.45) is 0 Å². The molecular formula is C22H20FN3O3. The minimum Gasteiger partial charge on any atom is -0.469 e. The van der Waals surface area contributed by atoms with Crippen LogP contribution in [0.3, 0.4) is 0 Å². The predicted octanol–water partition coefficient (Wildman–Crippen LogP) is 4.68. The van der Waals surface area contributed by atoms with Gasteiger partial charge in [0, 0.05) is 18.0 Å². The Labute approximate surface area is 166 Å². The van der Waals surface area contributed by atoms with Crippen LogP contribution in [0.4, 0.5) is 4.39 Å². The summed E-state index contributed by atoms with van der Waals surface area (Å²) >= 11 is 0. The molecular weight excluding hydrogens is 373 g/mol. The maximum atomic E-state index is 13.3. The maximum absolute atomic E-state index is 13.3. The first-order valence-electron chi connectivity index (χ1n) is 9.37. The number of nitrogens with zero attached hydrogens (tertiary/aromatic N) is 2.